The van der Waals surface area contributed by atoms with Gasteiger partial charge in [0.1, 0.15) is 6.61 Å². The smallest absolute Gasteiger partial charge is 0.286 e. The minimum absolute atomic E-state index is 0.161. The lowest BCUT2D eigenvalue weighted by molar-refractivity contribution is -0.117. The zero-order valence-electron chi connectivity index (χ0n) is 15.8. The molecule has 10 heteroatoms. The van der Waals surface area contributed by atoms with Crippen LogP contribution in [-0.4, -0.2) is 24.1 Å². The number of amides is 2. The molecular weight excluding hydrogens is 471 g/mol. The highest BCUT2D eigenvalue weighted by atomic mass is 35.5. The summed E-state index contributed by atoms with van der Waals surface area (Å²) in [6.45, 7) is 1.50. The molecule has 0 aromatic heterocycles. The third kappa shape index (κ3) is 5.49. The van der Waals surface area contributed by atoms with Crippen molar-refractivity contribution >= 4 is 69.6 Å². The van der Waals surface area contributed by atoms with Crippen LogP contribution in [0.5, 0.6) is 11.5 Å². The van der Waals surface area contributed by atoms with Gasteiger partial charge in [0.25, 0.3) is 5.91 Å². The molecule has 6 nitrogen and oxygen atoms in total. The number of rotatable bonds is 5. The number of carbonyl (C=O) groups is 2. The number of thioether (sulfide) groups is 1. The highest BCUT2D eigenvalue weighted by molar-refractivity contribution is 8.18. The van der Waals surface area contributed by atoms with Crippen molar-refractivity contribution in [1.82, 2.24) is 5.32 Å². The fourth-order valence-electron chi connectivity index (χ4n) is 2.52. The van der Waals surface area contributed by atoms with Crippen molar-refractivity contribution in [2.24, 2.45) is 4.99 Å². The molecule has 0 fully saturated rings. The zero-order chi connectivity index (χ0) is 21.8. The predicted molar refractivity (Wildman–Crippen MR) is 121 cm³/mol. The maximum Gasteiger partial charge on any atom is 0.286 e. The van der Waals surface area contributed by atoms with Crippen LogP contribution in [0, 0.1) is 0 Å². The van der Waals surface area contributed by atoms with E-state index in [1.165, 1.54) is 14.0 Å². The monoisotopic (exact) mass is 484 g/mol. The van der Waals surface area contributed by atoms with E-state index in [2.05, 4.69) is 10.3 Å². The molecule has 1 aliphatic rings. The summed E-state index contributed by atoms with van der Waals surface area (Å²) in [6.07, 6.45) is 1.61. The first-order chi connectivity index (χ1) is 14.3. The number of hydrogen-bond donors (Lipinski definition) is 1. The molecule has 156 valence electrons. The fourth-order valence-corrected chi connectivity index (χ4v) is 4.11. The highest BCUT2D eigenvalue weighted by Crippen LogP contribution is 2.39. The molecule has 0 saturated heterocycles. The van der Waals surface area contributed by atoms with Crippen molar-refractivity contribution in [2.45, 2.75) is 13.5 Å². The average Bonchev–Trinajstić information content (AvgIpc) is 2.99. The van der Waals surface area contributed by atoms with Crippen LogP contribution in [-0.2, 0) is 16.2 Å². The molecular formula is C20H15Cl3N2O4S. The van der Waals surface area contributed by atoms with Crippen molar-refractivity contribution in [3.05, 3.63) is 61.4 Å². The Balaban J connectivity index is 1.80. The lowest BCUT2D eigenvalue weighted by Crippen LogP contribution is -2.23. The van der Waals surface area contributed by atoms with Gasteiger partial charge in [-0.3, -0.25) is 9.59 Å². The van der Waals surface area contributed by atoms with Crippen molar-refractivity contribution in [1.29, 1.82) is 0 Å². The summed E-state index contributed by atoms with van der Waals surface area (Å²) in [6, 6.07) is 8.43. The van der Waals surface area contributed by atoms with Crippen LogP contribution in [0.1, 0.15) is 18.1 Å². The number of hydrogen-bond acceptors (Lipinski definition) is 5. The van der Waals surface area contributed by atoms with Gasteiger partial charge in [-0.05, 0) is 47.7 Å². The molecule has 1 N–H and O–H groups in total. The van der Waals surface area contributed by atoms with Gasteiger partial charge in [0.05, 0.1) is 17.0 Å². The van der Waals surface area contributed by atoms with Gasteiger partial charge in [-0.15, -0.1) is 0 Å². The molecule has 2 aromatic carbocycles. The fraction of sp³-hybridized carbons (Fsp3) is 0.150. The van der Waals surface area contributed by atoms with Crippen LogP contribution >= 0.6 is 46.6 Å². The number of carbonyl (C=O) groups excluding carboxylic acids is 2. The number of nitrogens with zero attached hydrogens (tertiary/aromatic N) is 1. The lowest BCUT2D eigenvalue weighted by Gasteiger charge is -2.14. The summed E-state index contributed by atoms with van der Waals surface area (Å²) in [5.74, 6) is -0.0235. The molecule has 0 saturated carbocycles. The van der Waals surface area contributed by atoms with Crippen molar-refractivity contribution < 1.29 is 19.1 Å². The van der Waals surface area contributed by atoms with E-state index in [9.17, 15) is 9.59 Å². The molecule has 1 aliphatic heterocycles. The zero-order valence-corrected chi connectivity index (χ0v) is 18.9. The molecule has 2 aromatic rings. The average molecular weight is 486 g/mol. The molecule has 3 rings (SSSR count). The molecule has 0 unspecified atom stereocenters. The Morgan fingerprint density at radius 1 is 1.20 bits per heavy atom. The number of ether oxygens (including phenoxy) is 2. The van der Waals surface area contributed by atoms with Gasteiger partial charge in [0, 0.05) is 22.5 Å². The standard InChI is InChI=1S/C20H15Cl3N2O4S/c1-10(26)24-20-25-19(27)17(30-20)7-11-5-15(23)18(16(6-11)28-2)29-9-12-3-4-13(21)8-14(12)22/h3-8H,9H2,1-2H3,(H,24,25,26,27)/b17-7-. The molecule has 0 spiro atoms. The van der Waals surface area contributed by atoms with Gasteiger partial charge in [-0.2, -0.15) is 4.99 Å². The Morgan fingerprint density at radius 2 is 1.97 bits per heavy atom. The molecule has 30 heavy (non-hydrogen) atoms. The number of nitrogens with one attached hydrogen (secondary N) is 1. The second-order valence-corrected chi connectivity index (χ2v) is 8.35. The van der Waals surface area contributed by atoms with Crippen LogP contribution in [0.4, 0.5) is 0 Å². The van der Waals surface area contributed by atoms with E-state index in [-0.39, 0.29) is 17.7 Å². The van der Waals surface area contributed by atoms with Gasteiger partial charge >= 0.3 is 0 Å². The van der Waals surface area contributed by atoms with Gasteiger partial charge in [-0.1, -0.05) is 40.9 Å². The molecule has 0 aliphatic carbocycles. The summed E-state index contributed by atoms with van der Waals surface area (Å²) in [7, 11) is 1.48. The summed E-state index contributed by atoms with van der Waals surface area (Å²) in [5, 5.41) is 4.03. The van der Waals surface area contributed by atoms with Crippen LogP contribution in [0.15, 0.2) is 40.2 Å². The lowest BCUT2D eigenvalue weighted by atomic mass is 10.1. The van der Waals surface area contributed by atoms with E-state index < -0.39 is 5.91 Å². The SMILES string of the molecule is COc1cc(/C=C2\SC(NC(C)=O)=NC2=O)cc(Cl)c1OCc1ccc(Cl)cc1Cl. The van der Waals surface area contributed by atoms with E-state index in [1.807, 2.05) is 0 Å². The maximum atomic E-state index is 12.1. The Morgan fingerprint density at radius 3 is 2.63 bits per heavy atom. The van der Waals surface area contributed by atoms with Crippen LogP contribution in [0.2, 0.25) is 15.1 Å². The summed E-state index contributed by atoms with van der Waals surface area (Å²) in [4.78, 5) is 27.3. The number of methoxy groups -OCH3 is 1. The van der Waals surface area contributed by atoms with E-state index in [0.29, 0.717) is 37.0 Å². The minimum Gasteiger partial charge on any atom is -0.493 e. The first-order valence-corrected chi connectivity index (χ1v) is 10.5. The van der Waals surface area contributed by atoms with E-state index in [4.69, 9.17) is 44.3 Å². The van der Waals surface area contributed by atoms with Crippen LogP contribution in [0.25, 0.3) is 6.08 Å². The van der Waals surface area contributed by atoms with Crippen LogP contribution < -0.4 is 14.8 Å². The van der Waals surface area contributed by atoms with Crippen molar-refractivity contribution in [3.63, 3.8) is 0 Å². The number of halogens is 3. The molecule has 0 atom stereocenters. The third-order valence-corrected chi connectivity index (χ3v) is 5.61. The van der Waals surface area contributed by atoms with E-state index in [0.717, 1.165) is 17.3 Å². The van der Waals surface area contributed by atoms with E-state index in [1.54, 1.807) is 36.4 Å². The molecule has 0 bridgehead atoms. The van der Waals surface area contributed by atoms with E-state index >= 15 is 0 Å². The third-order valence-electron chi connectivity index (χ3n) is 3.84. The highest BCUT2D eigenvalue weighted by Gasteiger charge is 2.23. The van der Waals surface area contributed by atoms with Gasteiger partial charge in [-0.25, -0.2) is 0 Å². The van der Waals surface area contributed by atoms with Gasteiger partial charge in [0.15, 0.2) is 16.7 Å². The number of amidine groups is 1. The normalized spacial score (nSPS) is 14.6. The predicted octanol–water partition coefficient (Wildman–Crippen LogP) is 5.34. The summed E-state index contributed by atoms with van der Waals surface area (Å²) in [5.41, 5.74) is 1.35. The summed E-state index contributed by atoms with van der Waals surface area (Å²) >= 11 is 19.6. The first kappa shape index (κ1) is 22.5. The summed E-state index contributed by atoms with van der Waals surface area (Å²) < 4.78 is 11.2. The molecule has 2 amide bonds. The largest absolute Gasteiger partial charge is 0.493 e. The van der Waals surface area contributed by atoms with Crippen LogP contribution in [0.3, 0.4) is 0 Å². The Kier molecular flexibility index (Phi) is 7.31. The number of aliphatic imine (C=N–C) groups is 1. The maximum absolute atomic E-state index is 12.1. The Bertz CT molecular complexity index is 1090. The van der Waals surface area contributed by atoms with Gasteiger partial charge < -0.3 is 14.8 Å². The molecule has 0 radical (unpaired) electrons. The second kappa shape index (κ2) is 9.75. The topological polar surface area (TPSA) is 77.0 Å². The Labute approximate surface area is 192 Å². The Hall–Kier alpha value is -2.19. The first-order valence-electron chi connectivity index (χ1n) is 8.51. The number of benzene rings is 2. The molecule has 1 heterocycles. The van der Waals surface area contributed by atoms with Crippen molar-refractivity contribution in [2.75, 3.05) is 7.11 Å². The minimum atomic E-state index is -0.448. The quantitative estimate of drug-likeness (QED) is 0.578. The van der Waals surface area contributed by atoms with Gasteiger partial charge in [0.2, 0.25) is 5.91 Å². The van der Waals surface area contributed by atoms with Crippen molar-refractivity contribution in [3.8, 4) is 11.5 Å². The second-order valence-electron chi connectivity index (χ2n) is 6.07.